The molecule has 0 bridgehead atoms. The smallest absolute Gasteiger partial charge is 0.264 e. The monoisotopic (exact) mass is 631 g/mol. The zero-order valence-electron chi connectivity index (χ0n) is 23.6. The van der Waals surface area contributed by atoms with E-state index in [-0.39, 0.29) is 29.1 Å². The summed E-state index contributed by atoms with van der Waals surface area (Å²) in [6.45, 7) is 3.52. The van der Waals surface area contributed by atoms with Gasteiger partial charge in [-0.1, -0.05) is 48.2 Å². The number of benzene rings is 3. The Balaban J connectivity index is 1.68. The second-order valence-electron chi connectivity index (χ2n) is 10.2. The Morgan fingerprint density at radius 1 is 0.929 bits per heavy atom. The molecule has 0 unspecified atom stereocenters. The normalized spacial score (nSPS) is 14.3. The Morgan fingerprint density at radius 2 is 1.50 bits per heavy atom. The minimum Gasteiger partial charge on any atom is -0.494 e. The summed E-state index contributed by atoms with van der Waals surface area (Å²) in [6.07, 6.45) is 3.89. The van der Waals surface area contributed by atoms with Gasteiger partial charge in [0.15, 0.2) is 0 Å². The lowest BCUT2D eigenvalue weighted by Gasteiger charge is -2.32. The molecule has 8 nitrogen and oxygen atoms in total. The maximum atomic E-state index is 14.1. The fraction of sp³-hybridized carbons (Fsp3) is 0.355. The highest BCUT2D eigenvalue weighted by Crippen LogP contribution is 2.28. The zero-order chi connectivity index (χ0) is 30.3. The van der Waals surface area contributed by atoms with Gasteiger partial charge in [0.25, 0.3) is 10.0 Å². The lowest BCUT2D eigenvalue weighted by molar-refractivity contribution is -0.139. The first kappa shape index (κ1) is 31.7. The predicted molar refractivity (Wildman–Crippen MR) is 165 cm³/mol. The summed E-state index contributed by atoms with van der Waals surface area (Å²) < 4.78 is 34.4. The quantitative estimate of drug-likeness (QED) is 0.262. The van der Waals surface area contributed by atoms with Gasteiger partial charge in [-0.3, -0.25) is 13.9 Å². The molecule has 1 N–H and O–H groups in total. The third-order valence-electron chi connectivity index (χ3n) is 7.25. The molecule has 0 aromatic heterocycles. The van der Waals surface area contributed by atoms with Gasteiger partial charge in [0.05, 0.1) is 17.2 Å². The molecule has 224 valence electrons. The van der Waals surface area contributed by atoms with Gasteiger partial charge in [-0.2, -0.15) is 0 Å². The molecule has 0 aliphatic heterocycles. The van der Waals surface area contributed by atoms with Crippen LogP contribution in [0, 0.1) is 0 Å². The SMILES string of the molecule is CCOc1ccc(N(CC(=O)N(Cc2ccc(Cl)cc2)[C@@H](C)C(=O)NC2CCCC2)S(=O)(=O)c2ccc(Cl)cc2)cc1. The molecule has 0 heterocycles. The predicted octanol–water partition coefficient (Wildman–Crippen LogP) is 6.06. The number of rotatable bonds is 12. The highest BCUT2D eigenvalue weighted by Gasteiger charge is 2.33. The summed E-state index contributed by atoms with van der Waals surface area (Å²) in [5, 5.41) is 3.99. The number of hydrogen-bond donors (Lipinski definition) is 1. The molecule has 1 aliphatic rings. The van der Waals surface area contributed by atoms with Crippen molar-refractivity contribution < 1.29 is 22.7 Å². The number of nitrogens with zero attached hydrogens (tertiary/aromatic N) is 2. The van der Waals surface area contributed by atoms with Gasteiger partial charge in [-0.15, -0.1) is 0 Å². The van der Waals surface area contributed by atoms with E-state index in [0.717, 1.165) is 35.6 Å². The first-order valence-corrected chi connectivity index (χ1v) is 16.1. The van der Waals surface area contributed by atoms with Crippen LogP contribution in [0.4, 0.5) is 5.69 Å². The number of halogens is 2. The minimum atomic E-state index is -4.20. The molecule has 1 aliphatic carbocycles. The molecule has 3 aromatic carbocycles. The first-order valence-electron chi connectivity index (χ1n) is 13.9. The molecular weight excluding hydrogens is 597 g/mol. The Labute approximate surface area is 257 Å². The van der Waals surface area contributed by atoms with Gasteiger partial charge < -0.3 is 15.0 Å². The molecule has 11 heteroatoms. The van der Waals surface area contributed by atoms with E-state index >= 15 is 0 Å². The Hall–Kier alpha value is -3.27. The van der Waals surface area contributed by atoms with Crippen molar-refractivity contribution in [3.8, 4) is 5.75 Å². The van der Waals surface area contributed by atoms with Gasteiger partial charge in [0, 0.05) is 22.6 Å². The van der Waals surface area contributed by atoms with Crippen molar-refractivity contribution in [2.45, 2.75) is 63.1 Å². The standard InChI is InChI=1S/C31H35Cl2N3O5S/c1-3-41-28-16-14-27(15-17-28)36(42(39,40)29-18-12-25(33)13-19-29)21-30(37)35(20-23-8-10-24(32)11-9-23)22(2)31(38)34-26-6-4-5-7-26/h8-19,22,26H,3-7,20-21H2,1-2H3,(H,34,38)/t22-/m0/s1. The van der Waals surface area contributed by atoms with Crippen LogP contribution in [0.1, 0.15) is 45.1 Å². The van der Waals surface area contributed by atoms with E-state index in [2.05, 4.69) is 5.32 Å². The van der Waals surface area contributed by atoms with Gasteiger partial charge in [0.2, 0.25) is 11.8 Å². The van der Waals surface area contributed by atoms with Crippen molar-refractivity contribution in [1.82, 2.24) is 10.2 Å². The molecule has 42 heavy (non-hydrogen) atoms. The number of anilines is 1. The number of sulfonamides is 1. The van der Waals surface area contributed by atoms with E-state index in [9.17, 15) is 18.0 Å². The number of amides is 2. The molecule has 1 atom stereocenters. The van der Waals surface area contributed by atoms with Crippen molar-refractivity contribution in [2.24, 2.45) is 0 Å². The third-order valence-corrected chi connectivity index (χ3v) is 9.54. The molecule has 0 saturated heterocycles. The number of ether oxygens (including phenoxy) is 1. The van der Waals surface area contributed by atoms with E-state index in [0.29, 0.717) is 22.4 Å². The Bertz CT molecular complexity index is 1460. The number of hydrogen-bond acceptors (Lipinski definition) is 5. The van der Waals surface area contributed by atoms with Crippen molar-refractivity contribution in [1.29, 1.82) is 0 Å². The summed E-state index contributed by atoms with van der Waals surface area (Å²) in [7, 11) is -4.20. The van der Waals surface area contributed by atoms with Crippen LogP contribution in [0.3, 0.4) is 0 Å². The lowest BCUT2D eigenvalue weighted by atomic mass is 10.1. The van der Waals surface area contributed by atoms with Gasteiger partial charge in [0.1, 0.15) is 18.3 Å². The van der Waals surface area contributed by atoms with E-state index < -0.39 is 28.5 Å². The van der Waals surface area contributed by atoms with Crippen LogP contribution in [-0.2, 0) is 26.2 Å². The summed E-state index contributed by atoms with van der Waals surface area (Å²) in [6, 6.07) is 18.4. The Morgan fingerprint density at radius 3 is 2.07 bits per heavy atom. The molecular formula is C31H35Cl2N3O5S. The van der Waals surface area contributed by atoms with Crippen molar-refractivity contribution in [3.05, 3.63) is 88.4 Å². The molecule has 1 saturated carbocycles. The highest BCUT2D eigenvalue weighted by atomic mass is 35.5. The highest BCUT2D eigenvalue weighted by molar-refractivity contribution is 7.92. The Kier molecular flexibility index (Phi) is 10.8. The summed E-state index contributed by atoms with van der Waals surface area (Å²) in [5.41, 5.74) is 1.03. The van der Waals surface area contributed by atoms with Gasteiger partial charge in [-0.05, 0) is 92.9 Å². The maximum Gasteiger partial charge on any atom is 0.264 e. The molecule has 1 fully saturated rings. The van der Waals surface area contributed by atoms with E-state index in [1.807, 2.05) is 6.92 Å². The summed E-state index contributed by atoms with van der Waals surface area (Å²) >= 11 is 12.1. The van der Waals surface area contributed by atoms with Crippen LogP contribution in [0.2, 0.25) is 10.0 Å². The zero-order valence-corrected chi connectivity index (χ0v) is 26.0. The van der Waals surface area contributed by atoms with Crippen LogP contribution >= 0.6 is 23.2 Å². The molecule has 0 spiro atoms. The number of carbonyl (C=O) groups is 2. The maximum absolute atomic E-state index is 14.1. The second-order valence-corrected chi connectivity index (χ2v) is 12.9. The van der Waals surface area contributed by atoms with Crippen LogP contribution in [-0.4, -0.2) is 50.4 Å². The summed E-state index contributed by atoms with van der Waals surface area (Å²) in [5.74, 6) is -0.249. The van der Waals surface area contributed by atoms with Crippen molar-refractivity contribution in [3.63, 3.8) is 0 Å². The topological polar surface area (TPSA) is 96.0 Å². The van der Waals surface area contributed by atoms with Crippen molar-refractivity contribution >= 4 is 50.7 Å². The van der Waals surface area contributed by atoms with Crippen LogP contribution in [0.5, 0.6) is 5.75 Å². The van der Waals surface area contributed by atoms with Crippen LogP contribution in [0.15, 0.2) is 77.7 Å². The average Bonchev–Trinajstić information content (AvgIpc) is 3.49. The molecule has 3 aromatic rings. The molecule has 4 rings (SSSR count). The number of nitrogens with one attached hydrogen (secondary N) is 1. The first-order chi connectivity index (χ1) is 20.1. The second kappa shape index (κ2) is 14.3. The van der Waals surface area contributed by atoms with Crippen LogP contribution in [0.25, 0.3) is 0 Å². The third kappa shape index (κ3) is 7.96. The fourth-order valence-corrected chi connectivity index (χ4v) is 6.57. The van der Waals surface area contributed by atoms with Gasteiger partial charge in [-0.25, -0.2) is 8.42 Å². The minimum absolute atomic E-state index is 0.0233. The number of carbonyl (C=O) groups excluding carboxylic acids is 2. The largest absolute Gasteiger partial charge is 0.494 e. The van der Waals surface area contributed by atoms with E-state index in [4.69, 9.17) is 27.9 Å². The fourth-order valence-electron chi connectivity index (χ4n) is 4.90. The van der Waals surface area contributed by atoms with Crippen molar-refractivity contribution in [2.75, 3.05) is 17.5 Å². The average molecular weight is 633 g/mol. The van der Waals surface area contributed by atoms with E-state index in [1.165, 1.54) is 29.2 Å². The lowest BCUT2D eigenvalue weighted by Crippen LogP contribution is -2.52. The molecule has 2 amide bonds. The summed E-state index contributed by atoms with van der Waals surface area (Å²) in [4.78, 5) is 28.7. The molecule has 0 radical (unpaired) electrons. The van der Waals surface area contributed by atoms with E-state index in [1.54, 1.807) is 55.5 Å². The van der Waals surface area contributed by atoms with Gasteiger partial charge >= 0.3 is 0 Å². The van der Waals surface area contributed by atoms with Crippen LogP contribution < -0.4 is 14.4 Å².